The van der Waals surface area contributed by atoms with Crippen LogP contribution in [0.5, 0.6) is 0 Å². The van der Waals surface area contributed by atoms with E-state index in [-0.39, 0.29) is 5.54 Å². The van der Waals surface area contributed by atoms with Crippen molar-refractivity contribution >= 4 is 23.2 Å². The summed E-state index contributed by atoms with van der Waals surface area (Å²) in [6, 6.07) is 5.76. The molecule has 1 aliphatic rings. The average Bonchev–Trinajstić information content (AvgIpc) is 2.38. The third-order valence-corrected chi connectivity index (χ3v) is 5.31. The van der Waals surface area contributed by atoms with Gasteiger partial charge in [-0.1, -0.05) is 29.3 Å². The van der Waals surface area contributed by atoms with Gasteiger partial charge in [-0.2, -0.15) is 0 Å². The number of benzene rings is 1. The van der Waals surface area contributed by atoms with Crippen LogP contribution >= 0.6 is 23.2 Å². The molecule has 0 amide bonds. The standard InChI is InChI=1S/C16H24Cl2N2/c1-19(2)16(9-5-11-20(3)12-16)10-8-13-14(17)6-4-7-15(13)18/h4,6-7H,5,8-12H2,1-3H3/t16-/m0/s1. The van der Waals surface area contributed by atoms with Crippen LogP contribution in [-0.4, -0.2) is 49.6 Å². The van der Waals surface area contributed by atoms with Crippen LogP contribution in [0.2, 0.25) is 10.0 Å². The summed E-state index contributed by atoms with van der Waals surface area (Å²) in [4.78, 5) is 4.81. The number of rotatable bonds is 4. The predicted molar refractivity (Wildman–Crippen MR) is 87.9 cm³/mol. The molecule has 0 bridgehead atoms. The first-order valence-corrected chi connectivity index (χ1v) is 7.99. The summed E-state index contributed by atoms with van der Waals surface area (Å²) in [5.41, 5.74) is 1.32. The molecule has 2 nitrogen and oxygen atoms in total. The molecule has 4 heteroatoms. The van der Waals surface area contributed by atoms with Crippen LogP contribution in [0.3, 0.4) is 0 Å². The fourth-order valence-corrected chi connectivity index (χ4v) is 3.85. The van der Waals surface area contributed by atoms with Crippen molar-refractivity contribution in [3.05, 3.63) is 33.8 Å². The SMILES string of the molecule is CN1CCC[C@@](CCc2c(Cl)cccc2Cl)(N(C)C)C1. The molecule has 1 heterocycles. The van der Waals surface area contributed by atoms with E-state index in [4.69, 9.17) is 23.2 Å². The first-order valence-electron chi connectivity index (χ1n) is 7.23. The Balaban J connectivity index is 2.14. The number of hydrogen-bond acceptors (Lipinski definition) is 2. The Morgan fingerprint density at radius 1 is 1.25 bits per heavy atom. The van der Waals surface area contributed by atoms with Crippen molar-refractivity contribution in [1.29, 1.82) is 0 Å². The molecule has 1 aliphatic heterocycles. The third kappa shape index (κ3) is 3.48. The van der Waals surface area contributed by atoms with E-state index in [1.54, 1.807) is 0 Å². The van der Waals surface area contributed by atoms with Crippen molar-refractivity contribution in [2.75, 3.05) is 34.2 Å². The quantitative estimate of drug-likeness (QED) is 0.830. The molecular weight excluding hydrogens is 291 g/mol. The maximum Gasteiger partial charge on any atom is 0.0452 e. The normalized spacial score (nSPS) is 24.3. The zero-order chi connectivity index (χ0) is 14.8. The summed E-state index contributed by atoms with van der Waals surface area (Å²) in [5, 5.41) is 1.58. The lowest BCUT2D eigenvalue weighted by molar-refractivity contribution is 0.0493. The molecule has 1 aromatic carbocycles. The van der Waals surface area contributed by atoms with E-state index in [1.807, 2.05) is 18.2 Å². The van der Waals surface area contributed by atoms with Crippen LogP contribution < -0.4 is 0 Å². The smallest absolute Gasteiger partial charge is 0.0452 e. The first-order chi connectivity index (χ1) is 9.44. The van der Waals surface area contributed by atoms with Crippen LogP contribution in [0.15, 0.2) is 18.2 Å². The first kappa shape index (κ1) is 16.1. The molecule has 20 heavy (non-hydrogen) atoms. The van der Waals surface area contributed by atoms with Crippen LogP contribution in [0.1, 0.15) is 24.8 Å². The summed E-state index contributed by atoms with van der Waals surface area (Å²) in [6.07, 6.45) is 4.52. The topological polar surface area (TPSA) is 6.48 Å². The molecule has 112 valence electrons. The van der Waals surface area contributed by atoms with Crippen molar-refractivity contribution in [3.63, 3.8) is 0 Å². The fourth-order valence-electron chi connectivity index (χ4n) is 3.26. The van der Waals surface area contributed by atoms with Gasteiger partial charge >= 0.3 is 0 Å². The van der Waals surface area contributed by atoms with E-state index in [0.717, 1.165) is 35.0 Å². The number of nitrogens with zero attached hydrogens (tertiary/aromatic N) is 2. The van der Waals surface area contributed by atoms with Gasteiger partial charge < -0.3 is 9.80 Å². The number of halogens is 2. The summed E-state index contributed by atoms with van der Waals surface area (Å²) < 4.78 is 0. The van der Waals surface area contributed by atoms with Crippen LogP contribution in [0.4, 0.5) is 0 Å². The minimum absolute atomic E-state index is 0.232. The molecule has 0 unspecified atom stereocenters. The molecule has 0 saturated carbocycles. The highest BCUT2D eigenvalue weighted by Crippen LogP contribution is 2.33. The Bertz CT molecular complexity index is 442. The Labute approximate surface area is 132 Å². The molecule has 0 aromatic heterocycles. The lowest BCUT2D eigenvalue weighted by atomic mass is 9.82. The van der Waals surface area contributed by atoms with Crippen molar-refractivity contribution in [1.82, 2.24) is 9.80 Å². The molecule has 1 aromatic rings. The van der Waals surface area contributed by atoms with Gasteiger partial charge in [0.15, 0.2) is 0 Å². The van der Waals surface area contributed by atoms with Crippen LogP contribution in [0.25, 0.3) is 0 Å². The van der Waals surface area contributed by atoms with Crippen molar-refractivity contribution in [2.45, 2.75) is 31.2 Å². The van der Waals surface area contributed by atoms with Gasteiger partial charge in [-0.3, -0.25) is 0 Å². The van der Waals surface area contributed by atoms with E-state index < -0.39 is 0 Å². The van der Waals surface area contributed by atoms with Gasteiger partial charge in [-0.25, -0.2) is 0 Å². The molecule has 0 aliphatic carbocycles. The maximum absolute atomic E-state index is 6.29. The Hall–Kier alpha value is -0.280. The second kappa shape index (κ2) is 6.65. The van der Waals surface area contributed by atoms with Crippen molar-refractivity contribution < 1.29 is 0 Å². The maximum atomic E-state index is 6.29. The van der Waals surface area contributed by atoms with Gasteiger partial charge in [0.2, 0.25) is 0 Å². The van der Waals surface area contributed by atoms with Crippen molar-refractivity contribution in [3.8, 4) is 0 Å². The summed E-state index contributed by atoms with van der Waals surface area (Å²) in [6.45, 7) is 2.31. The van der Waals surface area contributed by atoms with Crippen LogP contribution in [0, 0.1) is 0 Å². The minimum Gasteiger partial charge on any atom is -0.305 e. The van der Waals surface area contributed by atoms with Gasteiger partial charge in [0.25, 0.3) is 0 Å². The average molecular weight is 315 g/mol. The number of hydrogen-bond donors (Lipinski definition) is 0. The Morgan fingerprint density at radius 2 is 1.90 bits per heavy atom. The van der Waals surface area contributed by atoms with E-state index in [9.17, 15) is 0 Å². The monoisotopic (exact) mass is 314 g/mol. The highest BCUT2D eigenvalue weighted by molar-refractivity contribution is 6.35. The van der Waals surface area contributed by atoms with Gasteiger partial charge in [-0.15, -0.1) is 0 Å². The number of likely N-dealkylation sites (N-methyl/N-ethyl adjacent to an activating group) is 2. The van der Waals surface area contributed by atoms with Crippen LogP contribution in [-0.2, 0) is 6.42 Å². The van der Waals surface area contributed by atoms with E-state index in [1.165, 1.54) is 19.4 Å². The van der Waals surface area contributed by atoms with E-state index in [2.05, 4.69) is 30.9 Å². The minimum atomic E-state index is 0.232. The van der Waals surface area contributed by atoms with Gasteiger partial charge in [0.05, 0.1) is 0 Å². The number of likely N-dealkylation sites (tertiary alicyclic amines) is 1. The zero-order valence-corrected chi connectivity index (χ0v) is 14.1. The van der Waals surface area contributed by atoms with E-state index >= 15 is 0 Å². The van der Waals surface area contributed by atoms with Gasteiger partial charge in [0.1, 0.15) is 0 Å². The fraction of sp³-hybridized carbons (Fsp3) is 0.625. The van der Waals surface area contributed by atoms with Crippen molar-refractivity contribution in [2.24, 2.45) is 0 Å². The number of piperidine rings is 1. The molecule has 0 N–H and O–H groups in total. The highest BCUT2D eigenvalue weighted by atomic mass is 35.5. The second-order valence-corrected chi connectivity index (χ2v) is 6.97. The largest absolute Gasteiger partial charge is 0.305 e. The Morgan fingerprint density at radius 3 is 2.45 bits per heavy atom. The highest BCUT2D eigenvalue weighted by Gasteiger charge is 2.36. The molecule has 2 rings (SSSR count). The molecular formula is C16H24Cl2N2. The summed E-state index contributed by atoms with van der Waals surface area (Å²) >= 11 is 12.6. The third-order valence-electron chi connectivity index (χ3n) is 4.60. The van der Waals surface area contributed by atoms with E-state index in [0.29, 0.717) is 0 Å². The molecule has 1 saturated heterocycles. The lowest BCUT2D eigenvalue weighted by Crippen LogP contribution is -2.55. The Kier molecular flexibility index (Phi) is 5.36. The predicted octanol–water partition coefficient (Wildman–Crippen LogP) is 3.95. The summed E-state index contributed by atoms with van der Waals surface area (Å²) in [5.74, 6) is 0. The summed E-state index contributed by atoms with van der Waals surface area (Å²) in [7, 11) is 6.58. The van der Waals surface area contributed by atoms with Gasteiger partial charge in [-0.05, 0) is 71.1 Å². The zero-order valence-electron chi connectivity index (χ0n) is 12.6. The van der Waals surface area contributed by atoms with Gasteiger partial charge in [0, 0.05) is 22.1 Å². The second-order valence-electron chi connectivity index (χ2n) is 6.16. The molecule has 1 fully saturated rings. The molecule has 0 radical (unpaired) electrons. The molecule has 0 spiro atoms. The lowest BCUT2D eigenvalue weighted by Gasteiger charge is -2.46. The molecule has 1 atom stereocenters.